The minimum Gasteiger partial charge on any atom is -0.438 e. The molecule has 0 amide bonds. The quantitative estimate of drug-likeness (QED) is 0.436. The lowest BCUT2D eigenvalue weighted by molar-refractivity contribution is -0.497. The molecular formula is C10H11NOP+. The maximum absolute atomic E-state index is 5.63. The van der Waals surface area contributed by atoms with E-state index in [1.807, 2.05) is 0 Å². The lowest BCUT2D eigenvalue weighted by Gasteiger charge is -2.10. The third-order valence-electron chi connectivity index (χ3n) is 2.51. The van der Waals surface area contributed by atoms with E-state index in [4.69, 9.17) is 4.74 Å². The Labute approximate surface area is 79.0 Å². The number of hydrogen-bond donors (Lipinski definition) is 0. The number of benzene rings is 1. The Morgan fingerprint density at radius 1 is 1.31 bits per heavy atom. The van der Waals surface area contributed by atoms with Crippen LogP contribution in [0.2, 0.25) is 0 Å². The Balaban J connectivity index is 2.18. The summed E-state index contributed by atoms with van der Waals surface area (Å²) in [5.41, 5.74) is 1.31. The molecule has 0 spiro atoms. The summed E-state index contributed by atoms with van der Waals surface area (Å²) in [4.78, 5) is 0. The molecule has 1 atom stereocenters. The minimum absolute atomic E-state index is 0.855. The van der Waals surface area contributed by atoms with Gasteiger partial charge in [0.25, 0.3) is 0 Å². The fourth-order valence-corrected chi connectivity index (χ4v) is 3.11. The molecule has 1 aromatic carbocycles. The van der Waals surface area contributed by atoms with E-state index in [1.165, 1.54) is 10.9 Å². The molecule has 1 unspecified atom stereocenters. The molecule has 2 aliphatic heterocycles. The van der Waals surface area contributed by atoms with Crippen LogP contribution in [-0.4, -0.2) is 29.9 Å². The monoisotopic (exact) mass is 192 g/mol. The van der Waals surface area contributed by atoms with Gasteiger partial charge in [-0.25, -0.2) is 0 Å². The number of fused-ring (bicyclic) bond motifs is 2. The van der Waals surface area contributed by atoms with Crippen molar-refractivity contribution in [2.45, 2.75) is 0 Å². The molecule has 3 heteroatoms. The van der Waals surface area contributed by atoms with E-state index >= 15 is 0 Å². The average molecular weight is 192 g/mol. The highest BCUT2D eigenvalue weighted by Gasteiger charge is 2.31. The molecule has 0 bridgehead atoms. The van der Waals surface area contributed by atoms with Gasteiger partial charge in [-0.3, -0.25) is 0 Å². The Morgan fingerprint density at radius 2 is 2.23 bits per heavy atom. The molecule has 0 aliphatic carbocycles. The van der Waals surface area contributed by atoms with Gasteiger partial charge in [0.1, 0.15) is 0 Å². The Hall–Kier alpha value is -0.880. The first-order valence-electron chi connectivity index (χ1n) is 4.53. The van der Waals surface area contributed by atoms with Crippen LogP contribution < -0.4 is 5.30 Å². The van der Waals surface area contributed by atoms with Crippen molar-refractivity contribution in [1.29, 1.82) is 0 Å². The first-order valence-corrected chi connectivity index (χ1v) is 5.74. The van der Waals surface area contributed by atoms with Gasteiger partial charge in [-0.1, -0.05) is 18.2 Å². The Bertz CT molecular complexity index is 386. The highest BCUT2D eigenvalue weighted by molar-refractivity contribution is 7.47. The average Bonchev–Trinajstić information content (AvgIpc) is 2.65. The zero-order valence-corrected chi connectivity index (χ0v) is 8.29. The summed E-state index contributed by atoms with van der Waals surface area (Å²) in [5.74, 6) is 1.11. The molecule has 0 N–H and O–H groups in total. The lowest BCUT2D eigenvalue weighted by atomic mass is 10.2. The maximum Gasteiger partial charge on any atom is 0.371 e. The molecule has 3 rings (SSSR count). The fraction of sp³-hybridized carbons (Fsp3) is 0.300. The van der Waals surface area contributed by atoms with Crippen molar-refractivity contribution in [3.63, 3.8) is 0 Å². The second-order valence-electron chi connectivity index (χ2n) is 3.30. The molecule has 13 heavy (non-hydrogen) atoms. The van der Waals surface area contributed by atoms with Crippen molar-refractivity contribution >= 4 is 19.8 Å². The van der Waals surface area contributed by atoms with Crippen molar-refractivity contribution in [2.75, 3.05) is 19.4 Å². The SMILES string of the molecule is c1ccc2c(c1)PC[N+]1=C2OCC1. The summed E-state index contributed by atoms with van der Waals surface area (Å²) in [7, 11) is 0.911. The van der Waals surface area contributed by atoms with Gasteiger partial charge in [0.2, 0.25) is 0 Å². The highest BCUT2D eigenvalue weighted by atomic mass is 31.1. The van der Waals surface area contributed by atoms with Crippen LogP contribution in [0.25, 0.3) is 0 Å². The summed E-state index contributed by atoms with van der Waals surface area (Å²) in [5, 5.41) is 1.45. The number of rotatable bonds is 0. The van der Waals surface area contributed by atoms with Gasteiger partial charge in [0.15, 0.2) is 19.4 Å². The fourth-order valence-electron chi connectivity index (χ4n) is 1.85. The maximum atomic E-state index is 5.63. The molecular weight excluding hydrogens is 181 g/mol. The summed E-state index contributed by atoms with van der Waals surface area (Å²) in [6.07, 6.45) is 1.15. The Morgan fingerprint density at radius 3 is 3.23 bits per heavy atom. The highest BCUT2D eigenvalue weighted by Crippen LogP contribution is 2.22. The number of hydrogen-bond acceptors (Lipinski definition) is 1. The van der Waals surface area contributed by atoms with E-state index < -0.39 is 0 Å². The first-order chi connectivity index (χ1) is 6.45. The van der Waals surface area contributed by atoms with Gasteiger partial charge in [-0.2, -0.15) is 4.58 Å². The van der Waals surface area contributed by atoms with E-state index in [0.29, 0.717) is 0 Å². The second kappa shape index (κ2) is 2.81. The predicted octanol–water partition coefficient (Wildman–Crippen LogP) is 0.751. The normalized spacial score (nSPS) is 21.2. The van der Waals surface area contributed by atoms with E-state index in [0.717, 1.165) is 33.9 Å². The van der Waals surface area contributed by atoms with Crippen molar-refractivity contribution in [3.05, 3.63) is 29.8 Å². The standard InChI is InChI=1S/C10H11NOP/c1-2-4-9-8(3-1)10-11(7-13-9)5-6-12-10/h1-4,13H,5-7H2/q+1. The zero-order chi connectivity index (χ0) is 8.67. The first kappa shape index (κ1) is 7.52. The van der Waals surface area contributed by atoms with Crippen molar-refractivity contribution < 1.29 is 9.31 Å². The molecule has 0 radical (unpaired) electrons. The van der Waals surface area contributed by atoms with E-state index in [1.54, 1.807) is 0 Å². The van der Waals surface area contributed by atoms with Crippen LogP contribution in [0.4, 0.5) is 0 Å². The molecule has 0 fully saturated rings. The van der Waals surface area contributed by atoms with Crippen molar-refractivity contribution in [2.24, 2.45) is 0 Å². The molecule has 2 nitrogen and oxygen atoms in total. The van der Waals surface area contributed by atoms with E-state index in [-0.39, 0.29) is 0 Å². The molecule has 2 heterocycles. The summed E-state index contributed by atoms with van der Waals surface area (Å²) >= 11 is 0. The van der Waals surface area contributed by atoms with Crippen molar-refractivity contribution in [3.8, 4) is 0 Å². The van der Waals surface area contributed by atoms with Crippen LogP contribution in [0, 0.1) is 0 Å². The van der Waals surface area contributed by atoms with E-state index in [2.05, 4.69) is 28.8 Å². The summed E-state index contributed by atoms with van der Waals surface area (Å²) < 4.78 is 7.98. The predicted molar refractivity (Wildman–Crippen MR) is 54.4 cm³/mol. The second-order valence-corrected chi connectivity index (χ2v) is 4.51. The van der Waals surface area contributed by atoms with Crippen LogP contribution >= 0.6 is 8.58 Å². The summed E-state index contributed by atoms with van der Waals surface area (Å²) in [6.45, 7) is 1.92. The molecule has 0 saturated heterocycles. The van der Waals surface area contributed by atoms with Gasteiger partial charge in [0.05, 0.1) is 5.56 Å². The molecule has 2 aliphatic rings. The van der Waals surface area contributed by atoms with Gasteiger partial charge < -0.3 is 4.74 Å². The molecule has 0 saturated carbocycles. The lowest BCUT2D eigenvalue weighted by Crippen LogP contribution is -2.26. The largest absolute Gasteiger partial charge is 0.438 e. The zero-order valence-electron chi connectivity index (χ0n) is 7.29. The van der Waals surface area contributed by atoms with Gasteiger partial charge >= 0.3 is 5.90 Å². The smallest absolute Gasteiger partial charge is 0.371 e. The van der Waals surface area contributed by atoms with Crippen LogP contribution in [-0.2, 0) is 4.74 Å². The molecule has 66 valence electrons. The van der Waals surface area contributed by atoms with Crippen LogP contribution in [0.15, 0.2) is 24.3 Å². The topological polar surface area (TPSA) is 12.2 Å². The van der Waals surface area contributed by atoms with Gasteiger partial charge in [-0.05, 0) is 20.0 Å². The van der Waals surface area contributed by atoms with Crippen LogP contribution in [0.5, 0.6) is 0 Å². The molecule has 1 aromatic rings. The third kappa shape index (κ3) is 1.09. The van der Waals surface area contributed by atoms with E-state index in [9.17, 15) is 0 Å². The number of ether oxygens (including phenoxy) is 1. The van der Waals surface area contributed by atoms with Crippen molar-refractivity contribution in [1.82, 2.24) is 0 Å². The van der Waals surface area contributed by atoms with Gasteiger partial charge in [0, 0.05) is 0 Å². The van der Waals surface area contributed by atoms with Crippen LogP contribution in [0.3, 0.4) is 0 Å². The van der Waals surface area contributed by atoms with Gasteiger partial charge in [-0.15, -0.1) is 0 Å². The summed E-state index contributed by atoms with van der Waals surface area (Å²) in [6, 6.07) is 8.56. The third-order valence-corrected chi connectivity index (χ3v) is 3.86. The van der Waals surface area contributed by atoms with Crippen LogP contribution in [0.1, 0.15) is 5.56 Å². The number of nitrogens with zero attached hydrogens (tertiary/aromatic N) is 1. The molecule has 0 aromatic heterocycles. The Kier molecular flexibility index (Phi) is 1.63. The minimum atomic E-state index is 0.855.